The molecular formula is C31H36F3N5O4. The minimum absolute atomic E-state index is 0.0378. The second kappa shape index (κ2) is 12.5. The molecule has 1 unspecified atom stereocenters. The first-order chi connectivity index (χ1) is 20.5. The largest absolute Gasteiger partial charge is 0.483 e. The lowest BCUT2D eigenvalue weighted by atomic mass is 9.78. The van der Waals surface area contributed by atoms with Gasteiger partial charge in [-0.05, 0) is 85.9 Å². The number of benzene rings is 2. The van der Waals surface area contributed by atoms with Crippen molar-refractivity contribution in [2.24, 2.45) is 13.0 Å². The number of ether oxygens (including phenoxy) is 1. The van der Waals surface area contributed by atoms with Crippen LogP contribution >= 0.6 is 0 Å². The molecule has 0 bridgehead atoms. The van der Waals surface area contributed by atoms with Crippen molar-refractivity contribution in [2.75, 3.05) is 18.1 Å². The summed E-state index contributed by atoms with van der Waals surface area (Å²) in [5, 5.41) is 18.8. The van der Waals surface area contributed by atoms with E-state index in [2.05, 4.69) is 22.4 Å². The number of alkyl halides is 3. The smallest absolute Gasteiger partial charge is 0.416 e. The van der Waals surface area contributed by atoms with E-state index in [4.69, 9.17) is 14.6 Å². The Bertz CT molecular complexity index is 1460. The van der Waals surface area contributed by atoms with Gasteiger partial charge in [0.15, 0.2) is 0 Å². The first-order valence-electron chi connectivity index (χ1n) is 14.4. The highest BCUT2D eigenvalue weighted by atomic mass is 19.4. The molecule has 43 heavy (non-hydrogen) atoms. The quantitative estimate of drug-likeness (QED) is 0.356. The van der Waals surface area contributed by atoms with Gasteiger partial charge in [0.2, 0.25) is 0 Å². The number of aryl methyl sites for hydroxylation is 1. The lowest BCUT2D eigenvalue weighted by Crippen LogP contribution is -2.47. The van der Waals surface area contributed by atoms with Crippen molar-refractivity contribution in [2.45, 2.75) is 69.8 Å². The molecule has 3 aliphatic rings. The van der Waals surface area contributed by atoms with Crippen LogP contribution in [0.15, 0.2) is 42.7 Å². The van der Waals surface area contributed by atoms with Crippen LogP contribution in [0, 0.1) is 5.92 Å². The Balaban J connectivity index is 0.00000118. The Morgan fingerprint density at radius 2 is 1.93 bits per heavy atom. The molecule has 2 aliphatic heterocycles. The molecule has 9 nitrogen and oxygen atoms in total. The zero-order valence-corrected chi connectivity index (χ0v) is 24.2. The Kier molecular flexibility index (Phi) is 8.89. The van der Waals surface area contributed by atoms with Crippen molar-refractivity contribution < 1.29 is 32.6 Å². The monoisotopic (exact) mass is 599 g/mol. The van der Waals surface area contributed by atoms with Gasteiger partial charge in [-0.3, -0.25) is 9.59 Å². The highest BCUT2D eigenvalue weighted by Crippen LogP contribution is 2.42. The predicted molar refractivity (Wildman–Crippen MR) is 153 cm³/mol. The maximum absolute atomic E-state index is 14.2. The van der Waals surface area contributed by atoms with Gasteiger partial charge in [0, 0.05) is 49.5 Å². The van der Waals surface area contributed by atoms with Gasteiger partial charge in [-0.1, -0.05) is 12.1 Å². The Morgan fingerprint density at radius 1 is 1.21 bits per heavy atom. The second-order valence-electron chi connectivity index (χ2n) is 11.8. The zero-order valence-electron chi connectivity index (χ0n) is 24.2. The molecule has 0 radical (unpaired) electrons. The minimum Gasteiger partial charge on any atom is -0.483 e. The summed E-state index contributed by atoms with van der Waals surface area (Å²) >= 11 is 0. The molecule has 3 aromatic rings. The first-order valence-corrected chi connectivity index (χ1v) is 14.4. The Hall–Kier alpha value is -3.77. The molecule has 1 aromatic heterocycles. The topological polar surface area (TPSA) is 110 Å². The minimum atomic E-state index is -4.56. The van der Waals surface area contributed by atoms with E-state index in [1.54, 1.807) is 18.5 Å². The van der Waals surface area contributed by atoms with Crippen molar-refractivity contribution in [1.82, 2.24) is 20.1 Å². The van der Waals surface area contributed by atoms with Crippen molar-refractivity contribution in [1.29, 1.82) is 0 Å². The molecule has 1 saturated heterocycles. The molecule has 12 heteroatoms. The number of halogens is 3. The number of carbonyl (C=O) groups excluding carboxylic acids is 1. The molecular weight excluding hydrogens is 563 g/mol. The number of anilines is 1. The molecule has 2 fully saturated rings. The number of hydrogen-bond donors (Lipinski definition) is 2. The molecule has 1 saturated carbocycles. The Labute approximate surface area is 248 Å². The van der Waals surface area contributed by atoms with Gasteiger partial charge in [-0.2, -0.15) is 13.2 Å². The molecule has 230 valence electrons. The Morgan fingerprint density at radius 3 is 2.53 bits per heavy atom. The SMILES string of the molecule is Cn1cnnc1C(c1cccc(N2Cc3c(cc(CNC4(C)CCC4)cc3C(F)(F)F)C2=O)c1)C1CCOCC1.O=CO. The summed E-state index contributed by atoms with van der Waals surface area (Å²) in [5.41, 5.74) is 1.39. The summed E-state index contributed by atoms with van der Waals surface area (Å²) in [6, 6.07) is 10.4. The molecule has 3 heterocycles. The van der Waals surface area contributed by atoms with Crippen LogP contribution in [0.5, 0.6) is 0 Å². The number of nitrogens with one attached hydrogen (secondary N) is 1. The standard InChI is InChI=1S/C30H34F3N5O2.CH2O2/c1-29(9-4-10-29)34-16-19-13-23-24(25(14-19)30(31,32)33)17-38(28(23)39)22-6-3-5-21(15-22)26(20-7-11-40-12-8-20)27-36-35-18-37(27)2;2-1-3/h3,5-6,13-15,18,20,26,34H,4,7-12,16-17H2,1-2H3;1H,(H,2,3). The van der Waals surface area contributed by atoms with Gasteiger partial charge in [-0.25, -0.2) is 0 Å². The van der Waals surface area contributed by atoms with Gasteiger partial charge in [0.05, 0.1) is 12.1 Å². The molecule has 2 aromatic carbocycles. The lowest BCUT2D eigenvalue weighted by molar-refractivity contribution is -0.138. The van der Waals surface area contributed by atoms with Crippen molar-refractivity contribution in [3.63, 3.8) is 0 Å². The number of rotatable bonds is 7. The third-order valence-corrected chi connectivity index (χ3v) is 8.89. The summed E-state index contributed by atoms with van der Waals surface area (Å²) in [6.07, 6.45) is 1.94. The van der Waals surface area contributed by atoms with E-state index in [0.29, 0.717) is 31.0 Å². The fourth-order valence-corrected chi connectivity index (χ4v) is 6.37. The number of amides is 1. The van der Waals surface area contributed by atoms with Gasteiger partial charge in [0.1, 0.15) is 12.2 Å². The number of carboxylic acid groups (broad SMARTS) is 1. The van der Waals surface area contributed by atoms with Crippen LogP contribution in [0.2, 0.25) is 0 Å². The number of carbonyl (C=O) groups is 2. The van der Waals surface area contributed by atoms with E-state index in [1.807, 2.05) is 29.8 Å². The molecule has 0 spiro atoms. The molecule has 1 atom stereocenters. The van der Waals surface area contributed by atoms with E-state index in [0.717, 1.165) is 43.5 Å². The predicted octanol–water partition coefficient (Wildman–Crippen LogP) is 5.29. The highest BCUT2D eigenvalue weighted by Gasteiger charge is 2.41. The maximum Gasteiger partial charge on any atom is 0.416 e. The van der Waals surface area contributed by atoms with Crippen LogP contribution in [0.3, 0.4) is 0 Å². The van der Waals surface area contributed by atoms with Gasteiger partial charge in [-0.15, -0.1) is 10.2 Å². The van der Waals surface area contributed by atoms with Crippen LogP contribution in [0.25, 0.3) is 0 Å². The van der Waals surface area contributed by atoms with Crippen LogP contribution in [0.4, 0.5) is 18.9 Å². The summed E-state index contributed by atoms with van der Waals surface area (Å²) in [5.74, 6) is 0.600. The summed E-state index contributed by atoms with van der Waals surface area (Å²) in [4.78, 5) is 23.5. The summed E-state index contributed by atoms with van der Waals surface area (Å²) in [7, 11) is 1.91. The summed E-state index contributed by atoms with van der Waals surface area (Å²) < 4.78 is 50.2. The van der Waals surface area contributed by atoms with E-state index in [-0.39, 0.29) is 41.5 Å². The molecule has 6 rings (SSSR count). The molecule has 1 aliphatic carbocycles. The third-order valence-electron chi connectivity index (χ3n) is 8.89. The maximum atomic E-state index is 14.2. The van der Waals surface area contributed by atoms with Gasteiger partial charge in [0.25, 0.3) is 12.4 Å². The number of fused-ring (bicyclic) bond motifs is 1. The average Bonchev–Trinajstić information content (AvgIpc) is 3.54. The van der Waals surface area contributed by atoms with E-state index in [1.165, 1.54) is 11.0 Å². The van der Waals surface area contributed by atoms with Crippen molar-refractivity contribution in [3.05, 3.63) is 76.4 Å². The number of nitrogens with zero attached hydrogens (tertiary/aromatic N) is 4. The fourth-order valence-electron chi connectivity index (χ4n) is 6.37. The van der Waals surface area contributed by atoms with E-state index < -0.39 is 17.6 Å². The fraction of sp³-hybridized carbons (Fsp3) is 0.484. The van der Waals surface area contributed by atoms with Crippen LogP contribution < -0.4 is 10.2 Å². The van der Waals surface area contributed by atoms with Crippen LogP contribution in [0.1, 0.15) is 83.4 Å². The molecule has 1 amide bonds. The number of aromatic nitrogens is 3. The zero-order chi connectivity index (χ0) is 30.8. The highest BCUT2D eigenvalue weighted by molar-refractivity contribution is 6.10. The van der Waals surface area contributed by atoms with Crippen LogP contribution in [-0.4, -0.2) is 51.0 Å². The van der Waals surface area contributed by atoms with Crippen molar-refractivity contribution >= 4 is 18.1 Å². The van der Waals surface area contributed by atoms with Gasteiger partial charge < -0.3 is 24.6 Å². The lowest BCUT2D eigenvalue weighted by Gasteiger charge is -2.39. The van der Waals surface area contributed by atoms with Crippen LogP contribution in [-0.2, 0) is 35.8 Å². The normalized spacial score (nSPS) is 18.8. The van der Waals surface area contributed by atoms with E-state index >= 15 is 0 Å². The third kappa shape index (κ3) is 6.45. The first kappa shape index (κ1) is 30.7. The van der Waals surface area contributed by atoms with E-state index in [9.17, 15) is 18.0 Å². The van der Waals surface area contributed by atoms with Crippen molar-refractivity contribution in [3.8, 4) is 0 Å². The second-order valence-corrected chi connectivity index (χ2v) is 11.8. The molecule has 2 N–H and O–H groups in total. The average molecular weight is 600 g/mol. The summed E-state index contributed by atoms with van der Waals surface area (Å²) in [6.45, 7) is 3.33. The van der Waals surface area contributed by atoms with Gasteiger partial charge >= 0.3 is 6.18 Å². The number of hydrogen-bond acceptors (Lipinski definition) is 6.